The van der Waals surface area contributed by atoms with Crippen molar-refractivity contribution in [3.8, 4) is 0 Å². The van der Waals surface area contributed by atoms with Crippen LogP contribution >= 0.6 is 0 Å². The molecule has 1 heterocycles. The number of benzene rings is 1. The number of rotatable bonds is 2. The second-order valence-corrected chi connectivity index (χ2v) is 3.87. The van der Waals surface area contributed by atoms with E-state index in [-0.39, 0.29) is 0 Å². The molecule has 0 aliphatic heterocycles. The van der Waals surface area contributed by atoms with Crippen molar-refractivity contribution < 1.29 is 0 Å². The first-order valence-electron chi connectivity index (χ1n) is 4.96. The fraction of sp³-hybridized carbons (Fsp3) is 0.231. The summed E-state index contributed by atoms with van der Waals surface area (Å²) in [4.78, 5) is 3.41. The number of fused-ring (bicyclic) bond motifs is 1. The van der Waals surface area contributed by atoms with Gasteiger partial charge in [-0.25, -0.2) is 0 Å². The summed E-state index contributed by atoms with van der Waals surface area (Å²) in [6.45, 7) is 4.26. The molecule has 0 saturated carbocycles. The minimum absolute atomic E-state index is 0.997. The normalized spacial score (nSPS) is 10.4. The number of para-hydroxylation sites is 1. The lowest BCUT2D eigenvalue weighted by atomic mass is 10.2. The van der Waals surface area contributed by atoms with Gasteiger partial charge < -0.3 is 4.98 Å². The van der Waals surface area contributed by atoms with E-state index in [4.69, 9.17) is 0 Å². The Morgan fingerprint density at radius 3 is 2.79 bits per heavy atom. The molecule has 1 N–H and O–H groups in total. The largest absolute Gasteiger partial charge is 0.358 e. The van der Waals surface area contributed by atoms with Crippen molar-refractivity contribution in [3.63, 3.8) is 0 Å². The van der Waals surface area contributed by atoms with E-state index in [2.05, 4.69) is 55.2 Å². The number of nitrogens with one attached hydrogen (secondary N) is 1. The highest BCUT2D eigenvalue weighted by Gasteiger charge is 1.97. The Morgan fingerprint density at radius 2 is 2.07 bits per heavy atom. The molecule has 2 rings (SSSR count). The maximum Gasteiger partial charge on any atom is 0.0456 e. The zero-order valence-corrected chi connectivity index (χ0v) is 8.67. The third kappa shape index (κ3) is 1.87. The molecule has 0 aliphatic carbocycles. The van der Waals surface area contributed by atoms with Crippen molar-refractivity contribution in [2.75, 3.05) is 0 Å². The van der Waals surface area contributed by atoms with E-state index in [0.29, 0.717) is 0 Å². The number of H-pyrrole nitrogens is 1. The van der Waals surface area contributed by atoms with Crippen molar-refractivity contribution in [2.45, 2.75) is 20.3 Å². The average molecular weight is 185 g/mol. The van der Waals surface area contributed by atoms with E-state index < -0.39 is 0 Å². The SMILES string of the molecule is CC(C)=CCc1cc2ccccc2[nH]1. The van der Waals surface area contributed by atoms with E-state index in [9.17, 15) is 0 Å². The fourth-order valence-electron chi connectivity index (χ4n) is 1.56. The number of aromatic nitrogens is 1. The van der Waals surface area contributed by atoms with Crippen LogP contribution in [0, 0.1) is 0 Å². The first-order chi connectivity index (χ1) is 6.75. The summed E-state index contributed by atoms with van der Waals surface area (Å²) in [5.74, 6) is 0. The van der Waals surface area contributed by atoms with Gasteiger partial charge in [0, 0.05) is 17.6 Å². The molecule has 0 saturated heterocycles. The second-order valence-electron chi connectivity index (χ2n) is 3.87. The van der Waals surface area contributed by atoms with E-state index >= 15 is 0 Å². The monoisotopic (exact) mass is 185 g/mol. The summed E-state index contributed by atoms with van der Waals surface area (Å²) >= 11 is 0. The zero-order valence-electron chi connectivity index (χ0n) is 8.67. The molecule has 0 spiro atoms. The lowest BCUT2D eigenvalue weighted by Crippen LogP contribution is -1.80. The smallest absolute Gasteiger partial charge is 0.0456 e. The van der Waals surface area contributed by atoms with Crippen molar-refractivity contribution in [1.29, 1.82) is 0 Å². The van der Waals surface area contributed by atoms with Gasteiger partial charge in [-0.05, 0) is 31.4 Å². The van der Waals surface area contributed by atoms with Gasteiger partial charge >= 0.3 is 0 Å². The van der Waals surface area contributed by atoms with Crippen LogP contribution < -0.4 is 0 Å². The Morgan fingerprint density at radius 1 is 1.29 bits per heavy atom. The molecule has 1 aromatic heterocycles. The lowest BCUT2D eigenvalue weighted by Gasteiger charge is -1.90. The first kappa shape index (κ1) is 9.07. The van der Waals surface area contributed by atoms with Gasteiger partial charge in [-0.1, -0.05) is 29.8 Å². The Hall–Kier alpha value is -1.50. The predicted molar refractivity (Wildman–Crippen MR) is 61.4 cm³/mol. The van der Waals surface area contributed by atoms with Gasteiger partial charge in [0.1, 0.15) is 0 Å². The highest BCUT2D eigenvalue weighted by molar-refractivity contribution is 5.80. The van der Waals surface area contributed by atoms with E-state index in [1.807, 2.05) is 0 Å². The maximum atomic E-state index is 3.41. The summed E-state index contributed by atoms with van der Waals surface area (Å²) in [6, 6.07) is 10.6. The third-order valence-corrected chi connectivity index (χ3v) is 2.32. The summed E-state index contributed by atoms with van der Waals surface area (Å²) < 4.78 is 0. The van der Waals surface area contributed by atoms with Crippen LogP contribution in [0.2, 0.25) is 0 Å². The molecule has 0 unspecified atom stereocenters. The topological polar surface area (TPSA) is 15.8 Å². The highest BCUT2D eigenvalue weighted by atomic mass is 14.7. The van der Waals surface area contributed by atoms with Crippen LogP contribution in [-0.2, 0) is 6.42 Å². The van der Waals surface area contributed by atoms with Crippen LogP contribution in [-0.4, -0.2) is 4.98 Å². The van der Waals surface area contributed by atoms with Crippen molar-refractivity contribution in [2.24, 2.45) is 0 Å². The average Bonchev–Trinajstić information content (AvgIpc) is 2.57. The summed E-state index contributed by atoms with van der Waals surface area (Å²) in [6.07, 6.45) is 3.24. The molecule has 0 fully saturated rings. The van der Waals surface area contributed by atoms with Gasteiger partial charge in [-0.15, -0.1) is 0 Å². The second kappa shape index (κ2) is 3.70. The van der Waals surface area contributed by atoms with Crippen LogP contribution in [0.25, 0.3) is 10.9 Å². The molecule has 1 heteroatoms. The molecule has 0 bridgehead atoms. The van der Waals surface area contributed by atoms with Gasteiger partial charge in [0.25, 0.3) is 0 Å². The molecular formula is C13H15N. The van der Waals surface area contributed by atoms with E-state index in [1.54, 1.807) is 0 Å². The summed E-state index contributed by atoms with van der Waals surface area (Å²) in [5, 5.41) is 1.30. The third-order valence-electron chi connectivity index (χ3n) is 2.32. The molecule has 72 valence electrons. The number of hydrogen-bond donors (Lipinski definition) is 1. The predicted octanol–water partition coefficient (Wildman–Crippen LogP) is 3.68. The van der Waals surface area contributed by atoms with Crippen LogP contribution in [0.3, 0.4) is 0 Å². The number of allylic oxidation sites excluding steroid dienone is 2. The van der Waals surface area contributed by atoms with Gasteiger partial charge in [0.05, 0.1) is 0 Å². The molecule has 0 atom stereocenters. The van der Waals surface area contributed by atoms with E-state index in [1.165, 1.54) is 22.2 Å². The van der Waals surface area contributed by atoms with Crippen molar-refractivity contribution in [1.82, 2.24) is 4.98 Å². The quantitative estimate of drug-likeness (QED) is 0.687. The van der Waals surface area contributed by atoms with E-state index in [0.717, 1.165) is 6.42 Å². The Kier molecular flexibility index (Phi) is 2.40. The Labute approximate surface area is 84.5 Å². The minimum Gasteiger partial charge on any atom is -0.358 e. The number of hydrogen-bond acceptors (Lipinski definition) is 0. The van der Waals surface area contributed by atoms with Crippen LogP contribution in [0.15, 0.2) is 42.0 Å². The molecule has 1 aromatic carbocycles. The van der Waals surface area contributed by atoms with Crippen LogP contribution in [0.1, 0.15) is 19.5 Å². The Bertz CT molecular complexity index is 426. The van der Waals surface area contributed by atoms with Gasteiger partial charge in [-0.2, -0.15) is 0 Å². The van der Waals surface area contributed by atoms with Crippen LogP contribution in [0.4, 0.5) is 0 Å². The van der Waals surface area contributed by atoms with Gasteiger partial charge in [0.15, 0.2) is 0 Å². The maximum absolute atomic E-state index is 3.41. The lowest BCUT2D eigenvalue weighted by molar-refractivity contribution is 1.14. The Balaban J connectivity index is 2.31. The van der Waals surface area contributed by atoms with Crippen molar-refractivity contribution >= 4 is 10.9 Å². The summed E-state index contributed by atoms with van der Waals surface area (Å²) in [5.41, 5.74) is 3.88. The fourth-order valence-corrected chi connectivity index (χ4v) is 1.56. The summed E-state index contributed by atoms with van der Waals surface area (Å²) in [7, 11) is 0. The van der Waals surface area contributed by atoms with Crippen LogP contribution in [0.5, 0.6) is 0 Å². The minimum atomic E-state index is 0.997. The van der Waals surface area contributed by atoms with Gasteiger partial charge in [-0.3, -0.25) is 0 Å². The number of aromatic amines is 1. The van der Waals surface area contributed by atoms with Gasteiger partial charge in [0.2, 0.25) is 0 Å². The molecule has 0 amide bonds. The molecule has 0 radical (unpaired) electrons. The standard InChI is InChI=1S/C13H15N/c1-10(2)7-8-12-9-11-5-3-4-6-13(11)14-12/h3-7,9,14H,8H2,1-2H3. The molecule has 0 aliphatic rings. The molecule has 14 heavy (non-hydrogen) atoms. The highest BCUT2D eigenvalue weighted by Crippen LogP contribution is 2.15. The first-order valence-corrected chi connectivity index (χ1v) is 4.96. The zero-order chi connectivity index (χ0) is 9.97. The molecular weight excluding hydrogens is 170 g/mol. The molecule has 2 aromatic rings. The molecule has 1 nitrogen and oxygen atoms in total. The van der Waals surface area contributed by atoms with Crippen molar-refractivity contribution in [3.05, 3.63) is 47.7 Å².